The number of benzene rings is 1. The maximum absolute atomic E-state index is 12.1. The summed E-state index contributed by atoms with van der Waals surface area (Å²) in [5.74, 6) is -0.413. The number of thioether (sulfide) groups is 1. The average Bonchev–Trinajstić information content (AvgIpc) is 2.84. The van der Waals surface area contributed by atoms with E-state index >= 15 is 0 Å². The maximum Gasteiger partial charge on any atom is 0.411 e. The van der Waals surface area contributed by atoms with Gasteiger partial charge in [0.25, 0.3) is 0 Å². The van der Waals surface area contributed by atoms with Crippen LogP contribution >= 0.6 is 11.8 Å². The second kappa shape index (κ2) is 6.39. The number of esters is 1. The number of likely N-dealkylation sites (tertiary alicyclic amines) is 1. The largest absolute Gasteiger partial charge is 0.467 e. The van der Waals surface area contributed by atoms with Gasteiger partial charge in [0.15, 0.2) is 0 Å². The number of rotatable bonds is 3. The molecule has 0 aromatic heterocycles. The normalized spacial score (nSPS) is 24.7. The van der Waals surface area contributed by atoms with Crippen LogP contribution in [0.15, 0.2) is 35.2 Å². The van der Waals surface area contributed by atoms with Crippen molar-refractivity contribution in [2.24, 2.45) is 0 Å². The molecule has 1 aliphatic heterocycles. The highest BCUT2D eigenvalue weighted by Gasteiger charge is 2.52. The summed E-state index contributed by atoms with van der Waals surface area (Å²) in [5, 5.41) is -0.149. The van der Waals surface area contributed by atoms with Crippen LogP contribution in [0.4, 0.5) is 4.79 Å². The summed E-state index contributed by atoms with van der Waals surface area (Å²) < 4.78 is 9.72. The van der Waals surface area contributed by atoms with Gasteiger partial charge in [-0.3, -0.25) is 4.90 Å². The van der Waals surface area contributed by atoms with Crippen LogP contribution in [-0.4, -0.2) is 42.1 Å². The Kier molecular flexibility index (Phi) is 4.77. The van der Waals surface area contributed by atoms with E-state index in [1.54, 1.807) is 18.7 Å². The smallest absolute Gasteiger partial charge is 0.411 e. The van der Waals surface area contributed by atoms with Gasteiger partial charge in [0.05, 0.1) is 19.6 Å². The first kappa shape index (κ1) is 15.7. The van der Waals surface area contributed by atoms with Crippen LogP contribution in [0.1, 0.15) is 19.8 Å². The molecule has 1 aromatic carbocycles. The molecule has 0 spiro atoms. The molecule has 6 heteroatoms. The molecule has 1 aliphatic rings. The van der Waals surface area contributed by atoms with Crippen molar-refractivity contribution >= 4 is 23.8 Å². The van der Waals surface area contributed by atoms with Crippen LogP contribution in [0, 0.1) is 0 Å². The Morgan fingerprint density at radius 2 is 1.90 bits per heavy atom. The predicted octanol–water partition coefficient (Wildman–Crippen LogP) is 2.90. The van der Waals surface area contributed by atoms with E-state index in [1.807, 2.05) is 30.3 Å². The number of nitrogens with zero attached hydrogens (tertiary/aromatic N) is 1. The van der Waals surface area contributed by atoms with Crippen molar-refractivity contribution in [3.63, 3.8) is 0 Å². The molecule has 114 valence electrons. The SMILES string of the molecule is COC(=O)N1[C@H](Sc2ccccc2)CC[C@]1(C)C(=O)OC. The van der Waals surface area contributed by atoms with Crippen LogP contribution in [0.3, 0.4) is 0 Å². The van der Waals surface area contributed by atoms with Crippen LogP contribution in [0.25, 0.3) is 0 Å². The monoisotopic (exact) mass is 309 g/mol. The van der Waals surface area contributed by atoms with Gasteiger partial charge in [-0.2, -0.15) is 0 Å². The third-order valence-corrected chi connectivity index (χ3v) is 4.97. The minimum absolute atomic E-state index is 0.149. The Morgan fingerprint density at radius 1 is 1.24 bits per heavy atom. The average molecular weight is 309 g/mol. The molecule has 1 heterocycles. The number of hydrogen-bond donors (Lipinski definition) is 0. The molecule has 1 aromatic rings. The zero-order chi connectivity index (χ0) is 15.5. The predicted molar refractivity (Wildman–Crippen MR) is 80.0 cm³/mol. The maximum atomic E-state index is 12.1. The second-order valence-corrected chi connectivity index (χ2v) is 6.28. The summed E-state index contributed by atoms with van der Waals surface area (Å²) >= 11 is 1.55. The number of carbonyl (C=O) groups is 2. The zero-order valence-electron chi connectivity index (χ0n) is 12.4. The second-order valence-electron chi connectivity index (χ2n) is 5.03. The number of amides is 1. The molecule has 0 radical (unpaired) electrons. The minimum Gasteiger partial charge on any atom is -0.467 e. The van der Waals surface area contributed by atoms with Crippen LogP contribution < -0.4 is 0 Å². The minimum atomic E-state index is -0.978. The van der Waals surface area contributed by atoms with Gasteiger partial charge in [0, 0.05) is 4.90 Å². The first-order valence-electron chi connectivity index (χ1n) is 6.70. The molecular formula is C15H19NO4S. The lowest BCUT2D eigenvalue weighted by Gasteiger charge is -2.34. The third-order valence-electron chi connectivity index (χ3n) is 3.71. The van der Waals surface area contributed by atoms with Gasteiger partial charge in [-0.15, -0.1) is 11.8 Å². The molecule has 1 fully saturated rings. The van der Waals surface area contributed by atoms with Crippen molar-refractivity contribution in [1.82, 2.24) is 4.90 Å². The van der Waals surface area contributed by atoms with Crippen molar-refractivity contribution in [2.45, 2.75) is 35.6 Å². The zero-order valence-corrected chi connectivity index (χ0v) is 13.2. The summed E-state index contributed by atoms with van der Waals surface area (Å²) in [7, 11) is 2.66. The van der Waals surface area contributed by atoms with E-state index in [2.05, 4.69) is 0 Å². The Hall–Kier alpha value is -1.69. The lowest BCUT2D eigenvalue weighted by Crippen LogP contribution is -2.53. The molecule has 2 rings (SSSR count). The topological polar surface area (TPSA) is 55.8 Å². The Bertz CT molecular complexity index is 522. The van der Waals surface area contributed by atoms with Gasteiger partial charge in [-0.05, 0) is 31.9 Å². The lowest BCUT2D eigenvalue weighted by molar-refractivity contribution is -0.151. The first-order chi connectivity index (χ1) is 10.0. The highest BCUT2D eigenvalue weighted by Crippen LogP contribution is 2.42. The van der Waals surface area contributed by atoms with E-state index in [4.69, 9.17) is 9.47 Å². The summed E-state index contributed by atoms with van der Waals surface area (Å²) in [6.45, 7) is 1.72. The van der Waals surface area contributed by atoms with E-state index in [0.29, 0.717) is 12.8 Å². The van der Waals surface area contributed by atoms with Crippen molar-refractivity contribution in [1.29, 1.82) is 0 Å². The molecule has 0 N–H and O–H groups in total. The molecule has 5 nitrogen and oxygen atoms in total. The van der Waals surface area contributed by atoms with Crippen molar-refractivity contribution in [3.05, 3.63) is 30.3 Å². The third kappa shape index (κ3) is 3.00. The van der Waals surface area contributed by atoms with E-state index in [9.17, 15) is 9.59 Å². The first-order valence-corrected chi connectivity index (χ1v) is 7.58. The molecule has 1 saturated heterocycles. The van der Waals surface area contributed by atoms with Crippen LogP contribution in [0.5, 0.6) is 0 Å². The van der Waals surface area contributed by atoms with Crippen molar-refractivity contribution < 1.29 is 19.1 Å². The summed E-state index contributed by atoms with van der Waals surface area (Å²) in [6, 6.07) is 9.79. The van der Waals surface area contributed by atoms with E-state index in [1.165, 1.54) is 19.1 Å². The summed E-state index contributed by atoms with van der Waals surface area (Å²) in [4.78, 5) is 26.8. The Morgan fingerprint density at radius 3 is 2.48 bits per heavy atom. The fourth-order valence-electron chi connectivity index (χ4n) is 2.58. The molecule has 0 aliphatic carbocycles. The molecular weight excluding hydrogens is 290 g/mol. The molecule has 0 bridgehead atoms. The van der Waals surface area contributed by atoms with Gasteiger partial charge >= 0.3 is 12.1 Å². The standard InChI is InChI=1S/C15H19NO4S/c1-15(13(17)19-2)10-9-12(16(15)14(18)20-3)21-11-7-5-4-6-8-11/h4-8,12H,9-10H2,1-3H3/t12-,15-/m1/s1. The number of methoxy groups -OCH3 is 2. The van der Waals surface area contributed by atoms with Crippen LogP contribution in [-0.2, 0) is 14.3 Å². The quantitative estimate of drug-likeness (QED) is 0.804. The van der Waals surface area contributed by atoms with Gasteiger partial charge in [0.2, 0.25) is 0 Å². The highest BCUT2D eigenvalue weighted by molar-refractivity contribution is 8.00. The van der Waals surface area contributed by atoms with Crippen molar-refractivity contribution in [2.75, 3.05) is 14.2 Å². The van der Waals surface area contributed by atoms with Gasteiger partial charge in [-0.25, -0.2) is 9.59 Å². The lowest BCUT2D eigenvalue weighted by atomic mass is 10.00. The van der Waals surface area contributed by atoms with Crippen LogP contribution in [0.2, 0.25) is 0 Å². The highest BCUT2D eigenvalue weighted by atomic mass is 32.2. The fourth-order valence-corrected chi connectivity index (χ4v) is 3.87. The molecule has 0 unspecified atom stereocenters. The Labute approximate surface area is 128 Å². The number of carbonyl (C=O) groups excluding carboxylic acids is 2. The van der Waals surface area contributed by atoms with Gasteiger partial charge in [0.1, 0.15) is 5.54 Å². The van der Waals surface area contributed by atoms with E-state index in [0.717, 1.165) is 4.90 Å². The fraction of sp³-hybridized carbons (Fsp3) is 0.467. The van der Waals surface area contributed by atoms with E-state index in [-0.39, 0.29) is 5.37 Å². The van der Waals surface area contributed by atoms with Gasteiger partial charge < -0.3 is 9.47 Å². The Balaban J connectivity index is 2.26. The molecule has 0 saturated carbocycles. The van der Waals surface area contributed by atoms with Gasteiger partial charge in [-0.1, -0.05) is 18.2 Å². The number of ether oxygens (including phenoxy) is 2. The molecule has 2 atom stereocenters. The number of hydrogen-bond acceptors (Lipinski definition) is 5. The molecule has 21 heavy (non-hydrogen) atoms. The summed E-state index contributed by atoms with van der Waals surface area (Å²) in [5.41, 5.74) is -0.978. The van der Waals surface area contributed by atoms with E-state index < -0.39 is 17.6 Å². The molecule has 1 amide bonds. The van der Waals surface area contributed by atoms with Crippen molar-refractivity contribution in [3.8, 4) is 0 Å². The summed E-state index contributed by atoms with van der Waals surface area (Å²) in [6.07, 6.45) is 0.758.